The number of amides is 1. The van der Waals surface area contributed by atoms with Crippen LogP contribution in [-0.2, 0) is 0 Å². The number of carbonyl (C=O) groups is 1. The van der Waals surface area contributed by atoms with Gasteiger partial charge in [-0.25, -0.2) is 5.43 Å². The van der Waals surface area contributed by atoms with Crippen LogP contribution < -0.4 is 10.2 Å². The van der Waals surface area contributed by atoms with Crippen molar-refractivity contribution in [3.8, 4) is 17.2 Å². The number of hydrogen-bond donors (Lipinski definition) is 2. The summed E-state index contributed by atoms with van der Waals surface area (Å²) in [5, 5.41) is 14.2. The Morgan fingerprint density at radius 2 is 1.89 bits per heavy atom. The molecule has 144 valence electrons. The highest BCUT2D eigenvalue weighted by atomic mass is 35.5. The molecule has 0 atom stereocenters. The lowest BCUT2D eigenvalue weighted by Gasteiger charge is -2.11. The molecule has 2 aromatic carbocycles. The van der Waals surface area contributed by atoms with E-state index in [1.54, 1.807) is 30.3 Å². The molecule has 0 saturated heterocycles. The summed E-state index contributed by atoms with van der Waals surface area (Å²) in [4.78, 5) is 12.4. The van der Waals surface area contributed by atoms with Crippen molar-refractivity contribution in [3.05, 3.63) is 76.1 Å². The van der Waals surface area contributed by atoms with Crippen molar-refractivity contribution in [3.63, 3.8) is 0 Å². The van der Waals surface area contributed by atoms with E-state index < -0.39 is 5.91 Å². The van der Waals surface area contributed by atoms with Gasteiger partial charge in [-0.05, 0) is 56.3 Å². The van der Waals surface area contributed by atoms with Gasteiger partial charge in [0.15, 0.2) is 11.5 Å². The second-order valence-electron chi connectivity index (χ2n) is 6.21. The third kappa shape index (κ3) is 3.87. The van der Waals surface area contributed by atoms with Crippen molar-refractivity contribution in [2.75, 3.05) is 7.11 Å². The molecule has 1 aromatic heterocycles. The monoisotopic (exact) mass is 397 g/mol. The first-order valence-corrected chi connectivity index (χ1v) is 8.94. The Kier molecular flexibility index (Phi) is 5.70. The molecule has 28 heavy (non-hydrogen) atoms. The maximum Gasteiger partial charge on any atom is 0.272 e. The number of nitrogens with zero attached hydrogens (tertiary/aromatic N) is 2. The fourth-order valence-electron chi connectivity index (χ4n) is 2.93. The molecular weight excluding hydrogens is 378 g/mol. The molecule has 3 rings (SSSR count). The number of hydrogen-bond acceptors (Lipinski definition) is 4. The van der Waals surface area contributed by atoms with Gasteiger partial charge in [-0.15, -0.1) is 0 Å². The first kappa shape index (κ1) is 19.5. The highest BCUT2D eigenvalue weighted by Gasteiger charge is 2.12. The van der Waals surface area contributed by atoms with Crippen LogP contribution in [0.4, 0.5) is 0 Å². The molecule has 0 aliphatic rings. The van der Waals surface area contributed by atoms with E-state index in [4.69, 9.17) is 16.3 Å². The van der Waals surface area contributed by atoms with Crippen molar-refractivity contribution in [1.29, 1.82) is 0 Å². The number of hydrazone groups is 1. The molecular formula is C21H20ClN3O3. The number of halogens is 1. The van der Waals surface area contributed by atoms with Gasteiger partial charge in [-0.3, -0.25) is 4.79 Å². The van der Waals surface area contributed by atoms with Crippen LogP contribution in [-0.4, -0.2) is 28.9 Å². The molecule has 3 aromatic rings. The second kappa shape index (κ2) is 8.19. The van der Waals surface area contributed by atoms with Gasteiger partial charge in [0, 0.05) is 22.6 Å². The summed E-state index contributed by atoms with van der Waals surface area (Å²) in [6, 6.07) is 14.3. The number of carbonyl (C=O) groups excluding carboxylic acids is 1. The van der Waals surface area contributed by atoms with E-state index in [2.05, 4.69) is 15.1 Å². The summed E-state index contributed by atoms with van der Waals surface area (Å²) < 4.78 is 7.09. The average molecular weight is 398 g/mol. The summed E-state index contributed by atoms with van der Waals surface area (Å²) in [6.07, 6.45) is 1.34. The molecule has 0 aliphatic carbocycles. The average Bonchev–Trinajstić information content (AvgIpc) is 3.01. The Bertz CT molecular complexity index is 1040. The van der Waals surface area contributed by atoms with Crippen LogP contribution in [0.2, 0.25) is 5.02 Å². The normalized spacial score (nSPS) is 11.0. The standard InChI is InChI=1S/C21H20ClN3O3/c1-13-7-8-14(2)25(13)16-9-10-17(18(22)11-16)21(27)24-23-12-15-5-4-6-19(28-3)20(15)26/h4-12,26H,1-3H3,(H,24,27)/b23-12-. The van der Waals surface area contributed by atoms with Gasteiger partial charge in [0.05, 0.1) is 23.9 Å². The van der Waals surface area contributed by atoms with Crippen molar-refractivity contribution in [2.24, 2.45) is 5.10 Å². The van der Waals surface area contributed by atoms with Crippen LogP contribution in [0, 0.1) is 13.8 Å². The Hall–Kier alpha value is -3.25. The lowest BCUT2D eigenvalue weighted by molar-refractivity contribution is 0.0955. The molecule has 0 fully saturated rings. The van der Waals surface area contributed by atoms with Crippen LogP contribution >= 0.6 is 11.6 Å². The zero-order valence-electron chi connectivity index (χ0n) is 15.7. The summed E-state index contributed by atoms with van der Waals surface area (Å²) in [7, 11) is 1.46. The largest absolute Gasteiger partial charge is 0.504 e. The molecule has 7 heteroatoms. The number of nitrogens with one attached hydrogen (secondary N) is 1. The zero-order chi connectivity index (χ0) is 20.3. The first-order chi connectivity index (χ1) is 13.4. The molecule has 6 nitrogen and oxygen atoms in total. The van der Waals surface area contributed by atoms with Crippen LogP contribution in [0.1, 0.15) is 27.3 Å². The van der Waals surface area contributed by atoms with Crippen molar-refractivity contribution >= 4 is 23.7 Å². The number of ether oxygens (including phenoxy) is 1. The predicted octanol–water partition coefficient (Wildman–Crippen LogP) is 4.23. The highest BCUT2D eigenvalue weighted by Crippen LogP contribution is 2.28. The molecule has 0 aliphatic heterocycles. The maximum atomic E-state index is 12.4. The van der Waals surface area contributed by atoms with Crippen molar-refractivity contribution in [1.82, 2.24) is 9.99 Å². The van der Waals surface area contributed by atoms with Crippen LogP contribution in [0.15, 0.2) is 53.6 Å². The van der Waals surface area contributed by atoms with E-state index in [1.165, 1.54) is 13.3 Å². The first-order valence-electron chi connectivity index (χ1n) is 8.56. The van der Waals surface area contributed by atoms with Crippen LogP contribution in [0.3, 0.4) is 0 Å². The fourth-order valence-corrected chi connectivity index (χ4v) is 3.19. The summed E-state index contributed by atoms with van der Waals surface area (Å²) in [5.74, 6) is -0.177. The zero-order valence-corrected chi connectivity index (χ0v) is 16.5. The maximum absolute atomic E-state index is 12.4. The number of aryl methyl sites for hydroxylation is 2. The number of phenolic OH excluding ortho intramolecular Hbond substituents is 1. The molecule has 0 bridgehead atoms. The number of rotatable bonds is 5. The third-order valence-corrected chi connectivity index (χ3v) is 4.66. The van der Waals surface area contributed by atoms with Crippen molar-refractivity contribution < 1.29 is 14.6 Å². The molecule has 1 amide bonds. The number of aromatic hydroxyl groups is 1. The molecule has 2 N–H and O–H groups in total. The number of para-hydroxylation sites is 1. The highest BCUT2D eigenvalue weighted by molar-refractivity contribution is 6.34. The summed E-state index contributed by atoms with van der Waals surface area (Å²) in [6.45, 7) is 4.01. The van der Waals surface area contributed by atoms with Gasteiger partial charge >= 0.3 is 0 Å². The lowest BCUT2D eigenvalue weighted by Crippen LogP contribution is -2.18. The van der Waals surface area contributed by atoms with Gasteiger partial charge in [0.1, 0.15) is 0 Å². The lowest BCUT2D eigenvalue weighted by atomic mass is 10.2. The van der Waals surface area contributed by atoms with Gasteiger partial charge in [0.2, 0.25) is 0 Å². The van der Waals surface area contributed by atoms with Crippen LogP contribution in [0.25, 0.3) is 5.69 Å². The minimum atomic E-state index is -0.448. The Morgan fingerprint density at radius 1 is 1.18 bits per heavy atom. The van der Waals surface area contributed by atoms with E-state index in [9.17, 15) is 9.90 Å². The minimum Gasteiger partial charge on any atom is -0.504 e. The second-order valence-corrected chi connectivity index (χ2v) is 6.62. The topological polar surface area (TPSA) is 75.8 Å². The molecule has 1 heterocycles. The molecule has 0 unspecified atom stereocenters. The predicted molar refractivity (Wildman–Crippen MR) is 110 cm³/mol. The summed E-state index contributed by atoms with van der Waals surface area (Å²) >= 11 is 6.32. The number of methoxy groups -OCH3 is 1. The Labute approximate surface area is 168 Å². The quantitative estimate of drug-likeness (QED) is 0.499. The van der Waals surface area contributed by atoms with Crippen molar-refractivity contribution in [2.45, 2.75) is 13.8 Å². The smallest absolute Gasteiger partial charge is 0.272 e. The number of aromatic nitrogens is 1. The van der Waals surface area contributed by atoms with Gasteiger partial charge < -0.3 is 14.4 Å². The van der Waals surface area contributed by atoms with Crippen LogP contribution in [0.5, 0.6) is 11.5 Å². The minimum absolute atomic E-state index is 0.0529. The molecule has 0 radical (unpaired) electrons. The molecule has 0 saturated carbocycles. The van der Waals surface area contributed by atoms with E-state index in [0.717, 1.165) is 17.1 Å². The van der Waals surface area contributed by atoms with E-state index in [1.807, 2.05) is 32.0 Å². The van der Waals surface area contributed by atoms with Gasteiger partial charge in [-0.2, -0.15) is 5.10 Å². The SMILES string of the molecule is COc1cccc(/C=N\NC(=O)c2ccc(-n3c(C)ccc3C)cc2Cl)c1O. The fraction of sp³-hybridized carbons (Fsp3) is 0.143. The number of phenols is 1. The Balaban J connectivity index is 1.77. The van der Waals surface area contributed by atoms with Gasteiger partial charge in [-0.1, -0.05) is 17.7 Å². The third-order valence-electron chi connectivity index (χ3n) is 4.35. The van der Waals surface area contributed by atoms with Gasteiger partial charge in [0.25, 0.3) is 5.91 Å². The molecule has 0 spiro atoms. The Morgan fingerprint density at radius 3 is 2.54 bits per heavy atom. The van der Waals surface area contributed by atoms with E-state index >= 15 is 0 Å². The summed E-state index contributed by atoms with van der Waals surface area (Å²) in [5.41, 5.74) is 6.17. The number of benzene rings is 2. The van der Waals surface area contributed by atoms with E-state index in [-0.39, 0.29) is 5.75 Å². The van der Waals surface area contributed by atoms with E-state index in [0.29, 0.717) is 21.9 Å².